The van der Waals surface area contributed by atoms with Crippen molar-refractivity contribution in [1.29, 1.82) is 0 Å². The molecule has 0 spiro atoms. The zero-order valence-corrected chi connectivity index (χ0v) is 8.33. The van der Waals surface area contributed by atoms with Gasteiger partial charge in [-0.15, -0.1) is 0 Å². The third-order valence-electron chi connectivity index (χ3n) is 2.17. The second-order valence-electron chi connectivity index (χ2n) is 3.21. The first kappa shape index (κ1) is 9.27. The van der Waals surface area contributed by atoms with Gasteiger partial charge in [-0.3, -0.25) is 0 Å². The Kier molecular flexibility index (Phi) is 2.54. The van der Waals surface area contributed by atoms with Crippen LogP contribution in [0.5, 0.6) is 0 Å². The molecule has 0 atom stereocenters. The van der Waals surface area contributed by atoms with E-state index in [1.54, 1.807) is 0 Å². The summed E-state index contributed by atoms with van der Waals surface area (Å²) in [7, 11) is 0. The summed E-state index contributed by atoms with van der Waals surface area (Å²) in [6.07, 6.45) is 7.68. The Bertz CT molecular complexity index is 356. The lowest BCUT2D eigenvalue weighted by Gasteiger charge is -2.13. The highest BCUT2D eigenvalue weighted by atomic mass is 35.5. The zero-order chi connectivity index (χ0) is 9.97. The van der Waals surface area contributed by atoms with E-state index >= 15 is 0 Å². The van der Waals surface area contributed by atoms with Crippen molar-refractivity contribution in [2.75, 3.05) is 11.1 Å². The van der Waals surface area contributed by atoms with E-state index in [2.05, 4.69) is 27.4 Å². The molecule has 2 rings (SSSR count). The van der Waals surface area contributed by atoms with Gasteiger partial charge in [-0.05, 0) is 12.8 Å². The normalized spacial score (nSPS) is 16.1. The van der Waals surface area contributed by atoms with E-state index < -0.39 is 0 Å². The van der Waals surface area contributed by atoms with Crippen LogP contribution in [0.15, 0.2) is 18.5 Å². The SMILES string of the molecule is Nc1ncnc(NC2CC=CC2)c1Cl. The predicted octanol–water partition coefficient (Wildman–Crippen LogP) is 1.84. The molecular formula is C9H11ClN4. The average molecular weight is 211 g/mol. The number of nitrogens with two attached hydrogens (primary N) is 1. The summed E-state index contributed by atoms with van der Waals surface area (Å²) in [6.45, 7) is 0. The molecule has 0 saturated carbocycles. The number of rotatable bonds is 2. The van der Waals surface area contributed by atoms with Gasteiger partial charge >= 0.3 is 0 Å². The molecule has 3 N–H and O–H groups in total. The van der Waals surface area contributed by atoms with Crippen LogP contribution in [0.1, 0.15) is 12.8 Å². The predicted molar refractivity (Wildman–Crippen MR) is 57.2 cm³/mol. The molecule has 0 aromatic carbocycles. The first-order valence-corrected chi connectivity index (χ1v) is 4.82. The van der Waals surface area contributed by atoms with E-state index in [1.807, 2.05) is 0 Å². The van der Waals surface area contributed by atoms with Crippen LogP contribution in [0.4, 0.5) is 11.6 Å². The Morgan fingerprint density at radius 3 is 2.79 bits per heavy atom. The molecule has 1 aliphatic rings. The molecule has 1 heterocycles. The summed E-state index contributed by atoms with van der Waals surface area (Å²) in [5, 5.41) is 3.63. The maximum absolute atomic E-state index is 5.94. The van der Waals surface area contributed by atoms with Gasteiger partial charge in [0.25, 0.3) is 0 Å². The molecule has 0 radical (unpaired) electrons. The number of aromatic nitrogens is 2. The lowest BCUT2D eigenvalue weighted by molar-refractivity contribution is 0.780. The van der Waals surface area contributed by atoms with Gasteiger partial charge in [0.1, 0.15) is 17.2 Å². The third-order valence-corrected chi connectivity index (χ3v) is 2.54. The van der Waals surface area contributed by atoms with Gasteiger partial charge in [-0.1, -0.05) is 23.8 Å². The van der Waals surface area contributed by atoms with Crippen LogP contribution in [0.3, 0.4) is 0 Å². The molecule has 0 fully saturated rings. The van der Waals surface area contributed by atoms with E-state index in [-0.39, 0.29) is 0 Å². The zero-order valence-electron chi connectivity index (χ0n) is 7.57. The number of nitrogen functional groups attached to an aromatic ring is 1. The highest BCUT2D eigenvalue weighted by molar-refractivity contribution is 6.35. The van der Waals surface area contributed by atoms with E-state index in [9.17, 15) is 0 Å². The van der Waals surface area contributed by atoms with E-state index in [0.717, 1.165) is 12.8 Å². The maximum atomic E-state index is 5.94. The minimum absolute atomic E-state index is 0.315. The highest BCUT2D eigenvalue weighted by Gasteiger charge is 2.13. The van der Waals surface area contributed by atoms with Crippen LogP contribution in [-0.4, -0.2) is 16.0 Å². The molecule has 0 saturated heterocycles. The monoisotopic (exact) mass is 210 g/mol. The number of hydrogen-bond donors (Lipinski definition) is 2. The van der Waals surface area contributed by atoms with Crippen molar-refractivity contribution >= 4 is 23.2 Å². The van der Waals surface area contributed by atoms with Crippen molar-refractivity contribution in [3.8, 4) is 0 Å². The molecule has 5 heteroatoms. The summed E-state index contributed by atoms with van der Waals surface area (Å²) < 4.78 is 0. The van der Waals surface area contributed by atoms with Gasteiger partial charge in [0.15, 0.2) is 5.82 Å². The first-order chi connectivity index (χ1) is 6.77. The summed E-state index contributed by atoms with van der Waals surface area (Å²) in [5.74, 6) is 0.933. The maximum Gasteiger partial charge on any atom is 0.150 e. The topological polar surface area (TPSA) is 63.8 Å². The summed E-state index contributed by atoms with van der Waals surface area (Å²) >= 11 is 5.94. The van der Waals surface area contributed by atoms with Gasteiger partial charge in [-0.2, -0.15) is 0 Å². The van der Waals surface area contributed by atoms with Crippen LogP contribution in [0.25, 0.3) is 0 Å². The molecule has 0 bridgehead atoms. The van der Waals surface area contributed by atoms with Gasteiger partial charge in [-0.25, -0.2) is 9.97 Å². The number of nitrogens with one attached hydrogen (secondary N) is 1. The fourth-order valence-electron chi connectivity index (χ4n) is 1.41. The Labute approximate surface area is 87.2 Å². The van der Waals surface area contributed by atoms with E-state index in [0.29, 0.717) is 22.7 Å². The van der Waals surface area contributed by atoms with Crippen molar-refractivity contribution in [1.82, 2.24) is 9.97 Å². The molecule has 14 heavy (non-hydrogen) atoms. The second-order valence-corrected chi connectivity index (χ2v) is 3.58. The molecule has 0 amide bonds. The van der Waals surface area contributed by atoms with Crippen molar-refractivity contribution in [2.24, 2.45) is 0 Å². The molecule has 74 valence electrons. The lowest BCUT2D eigenvalue weighted by atomic mass is 10.2. The molecule has 0 aliphatic heterocycles. The molecule has 0 unspecified atom stereocenters. The summed E-state index contributed by atoms with van der Waals surface area (Å²) in [4.78, 5) is 7.83. The summed E-state index contributed by atoms with van der Waals surface area (Å²) in [6, 6.07) is 0.377. The Hall–Kier alpha value is -1.29. The highest BCUT2D eigenvalue weighted by Crippen LogP contribution is 2.25. The molecule has 1 aromatic heterocycles. The van der Waals surface area contributed by atoms with E-state index in [4.69, 9.17) is 17.3 Å². The molecular weight excluding hydrogens is 200 g/mol. The molecule has 4 nitrogen and oxygen atoms in total. The third kappa shape index (κ3) is 1.80. The van der Waals surface area contributed by atoms with Gasteiger partial charge in [0, 0.05) is 6.04 Å². The Morgan fingerprint density at radius 2 is 2.07 bits per heavy atom. The van der Waals surface area contributed by atoms with Crippen molar-refractivity contribution in [3.05, 3.63) is 23.5 Å². The summed E-state index contributed by atoms with van der Waals surface area (Å²) in [5.41, 5.74) is 5.56. The van der Waals surface area contributed by atoms with Gasteiger partial charge in [0.05, 0.1) is 0 Å². The lowest BCUT2D eigenvalue weighted by Crippen LogP contribution is -2.16. The fraction of sp³-hybridized carbons (Fsp3) is 0.333. The minimum Gasteiger partial charge on any atom is -0.382 e. The van der Waals surface area contributed by atoms with Crippen LogP contribution in [0, 0.1) is 0 Å². The smallest absolute Gasteiger partial charge is 0.150 e. The van der Waals surface area contributed by atoms with Crippen molar-refractivity contribution in [3.63, 3.8) is 0 Å². The number of anilines is 2. The average Bonchev–Trinajstić information content (AvgIpc) is 2.66. The van der Waals surface area contributed by atoms with Gasteiger partial charge < -0.3 is 11.1 Å². The van der Waals surface area contributed by atoms with Gasteiger partial charge in [0.2, 0.25) is 0 Å². The largest absolute Gasteiger partial charge is 0.382 e. The number of hydrogen-bond acceptors (Lipinski definition) is 4. The second kappa shape index (κ2) is 3.84. The van der Waals surface area contributed by atoms with Crippen molar-refractivity contribution < 1.29 is 0 Å². The quantitative estimate of drug-likeness (QED) is 0.732. The van der Waals surface area contributed by atoms with E-state index in [1.165, 1.54) is 6.33 Å². The van der Waals surface area contributed by atoms with Crippen LogP contribution in [-0.2, 0) is 0 Å². The minimum atomic E-state index is 0.315. The molecule has 1 aromatic rings. The Morgan fingerprint density at radius 1 is 1.36 bits per heavy atom. The number of halogens is 1. The standard InChI is InChI=1S/C9H11ClN4/c10-7-8(11)12-5-13-9(7)14-6-3-1-2-4-6/h1-2,5-6H,3-4H2,(H3,11,12,13,14). The van der Waals surface area contributed by atoms with Crippen molar-refractivity contribution in [2.45, 2.75) is 18.9 Å². The van der Waals surface area contributed by atoms with Crippen LogP contribution in [0.2, 0.25) is 5.02 Å². The fourth-order valence-corrected chi connectivity index (χ4v) is 1.56. The Balaban J connectivity index is 2.12. The first-order valence-electron chi connectivity index (χ1n) is 4.45. The van der Waals surface area contributed by atoms with Crippen LogP contribution < -0.4 is 11.1 Å². The molecule has 1 aliphatic carbocycles. The van der Waals surface area contributed by atoms with Crippen LogP contribution >= 0.6 is 11.6 Å². The number of nitrogens with zero attached hydrogens (tertiary/aromatic N) is 2.